The number of rotatable bonds is 4. The second kappa shape index (κ2) is 5.19. The van der Waals surface area contributed by atoms with E-state index in [4.69, 9.17) is 16.9 Å². The molecule has 0 heterocycles. The Kier molecular flexibility index (Phi) is 4.16. The molecule has 0 amide bonds. The van der Waals surface area contributed by atoms with Crippen molar-refractivity contribution >= 4 is 27.1 Å². The molecule has 1 N–H and O–H groups in total. The zero-order valence-corrected chi connectivity index (χ0v) is 10.3. The fourth-order valence-electron chi connectivity index (χ4n) is 1.13. The Bertz CT molecular complexity index is 520. The van der Waals surface area contributed by atoms with Crippen LogP contribution in [0.3, 0.4) is 0 Å². The normalized spacial score (nSPS) is 10.8. The van der Waals surface area contributed by atoms with Crippen molar-refractivity contribution in [3.63, 3.8) is 0 Å². The van der Waals surface area contributed by atoms with E-state index in [0.717, 1.165) is 0 Å². The number of nitrogens with one attached hydrogen (secondary N) is 1. The highest BCUT2D eigenvalue weighted by molar-refractivity contribution is 7.90. The van der Waals surface area contributed by atoms with Crippen LogP contribution in [-0.2, 0) is 9.84 Å². The molecule has 0 aliphatic heterocycles. The van der Waals surface area contributed by atoms with Gasteiger partial charge in [-0.3, -0.25) is 0 Å². The van der Waals surface area contributed by atoms with E-state index < -0.39 is 9.84 Å². The van der Waals surface area contributed by atoms with Crippen LogP contribution in [0.2, 0.25) is 5.02 Å². The van der Waals surface area contributed by atoms with E-state index >= 15 is 0 Å². The van der Waals surface area contributed by atoms with Gasteiger partial charge < -0.3 is 5.32 Å². The monoisotopic (exact) mass is 258 g/mol. The summed E-state index contributed by atoms with van der Waals surface area (Å²) < 4.78 is 21.8. The Labute approximate surface area is 99.8 Å². The number of sulfone groups is 1. The van der Waals surface area contributed by atoms with Crippen molar-refractivity contribution in [2.75, 3.05) is 23.9 Å². The van der Waals surface area contributed by atoms with Crippen molar-refractivity contribution in [2.45, 2.75) is 0 Å². The van der Waals surface area contributed by atoms with E-state index in [1.54, 1.807) is 12.1 Å². The molecule has 1 aromatic rings. The summed E-state index contributed by atoms with van der Waals surface area (Å²) in [7, 11) is -2.99. The SMILES string of the molecule is CS(=O)(=O)CCNc1ccc(Cl)cc1C#N. The van der Waals surface area contributed by atoms with Gasteiger partial charge in [0.2, 0.25) is 0 Å². The van der Waals surface area contributed by atoms with Crippen LogP contribution in [0.5, 0.6) is 0 Å². The predicted molar refractivity (Wildman–Crippen MR) is 64.4 cm³/mol. The van der Waals surface area contributed by atoms with Gasteiger partial charge in [0.25, 0.3) is 0 Å². The number of nitrogens with zero attached hydrogens (tertiary/aromatic N) is 1. The molecule has 1 rings (SSSR count). The molecule has 86 valence electrons. The van der Waals surface area contributed by atoms with E-state index in [1.165, 1.54) is 12.3 Å². The summed E-state index contributed by atoms with van der Waals surface area (Å²) in [6.07, 6.45) is 1.17. The van der Waals surface area contributed by atoms with Crippen LogP contribution >= 0.6 is 11.6 Å². The summed E-state index contributed by atoms with van der Waals surface area (Å²) in [6.45, 7) is 0.273. The number of benzene rings is 1. The molecule has 0 fully saturated rings. The molecule has 0 aromatic heterocycles. The van der Waals surface area contributed by atoms with Crippen molar-refractivity contribution in [1.82, 2.24) is 0 Å². The first kappa shape index (κ1) is 12.8. The van der Waals surface area contributed by atoms with Gasteiger partial charge >= 0.3 is 0 Å². The minimum absolute atomic E-state index is 0.0283. The molecule has 16 heavy (non-hydrogen) atoms. The first-order chi connectivity index (χ1) is 7.42. The van der Waals surface area contributed by atoms with E-state index in [-0.39, 0.29) is 12.3 Å². The number of nitriles is 1. The Balaban J connectivity index is 2.72. The first-order valence-corrected chi connectivity index (χ1v) is 6.97. The average Bonchev–Trinajstić information content (AvgIpc) is 2.18. The van der Waals surface area contributed by atoms with E-state index in [2.05, 4.69) is 5.32 Å². The van der Waals surface area contributed by atoms with Crippen LogP contribution in [0, 0.1) is 11.3 Å². The molecule has 0 atom stereocenters. The average molecular weight is 259 g/mol. The summed E-state index contributed by atoms with van der Waals surface area (Å²) in [4.78, 5) is 0. The van der Waals surface area contributed by atoms with Gasteiger partial charge in [-0.25, -0.2) is 8.42 Å². The minimum atomic E-state index is -2.99. The molecular formula is C10H11ClN2O2S. The van der Waals surface area contributed by atoms with E-state index in [1.807, 2.05) is 6.07 Å². The molecule has 0 bridgehead atoms. The zero-order chi connectivity index (χ0) is 12.2. The highest BCUT2D eigenvalue weighted by Crippen LogP contribution is 2.19. The van der Waals surface area contributed by atoms with Crippen LogP contribution in [0.15, 0.2) is 18.2 Å². The van der Waals surface area contributed by atoms with Crippen LogP contribution in [-0.4, -0.2) is 27.0 Å². The summed E-state index contributed by atoms with van der Waals surface area (Å²) >= 11 is 5.73. The molecule has 6 heteroatoms. The molecule has 0 radical (unpaired) electrons. The topological polar surface area (TPSA) is 70.0 Å². The molecule has 4 nitrogen and oxygen atoms in total. The lowest BCUT2D eigenvalue weighted by atomic mass is 10.2. The second-order valence-electron chi connectivity index (χ2n) is 3.36. The van der Waals surface area contributed by atoms with Gasteiger partial charge in [0.05, 0.1) is 17.0 Å². The lowest BCUT2D eigenvalue weighted by Crippen LogP contribution is -2.14. The molecule has 0 spiro atoms. The van der Waals surface area contributed by atoms with Crippen LogP contribution in [0.4, 0.5) is 5.69 Å². The fourth-order valence-corrected chi connectivity index (χ4v) is 1.78. The van der Waals surface area contributed by atoms with Crippen molar-refractivity contribution in [1.29, 1.82) is 5.26 Å². The summed E-state index contributed by atoms with van der Waals surface area (Å²) in [5, 5.41) is 12.2. The maximum Gasteiger partial charge on any atom is 0.149 e. The molecule has 0 unspecified atom stereocenters. The molecule has 1 aromatic carbocycles. The maximum atomic E-state index is 10.9. The standard InChI is InChI=1S/C10H11ClN2O2S/c1-16(14,15)5-4-13-10-3-2-9(11)6-8(10)7-12/h2-3,6,13H,4-5H2,1H3. The Morgan fingerprint density at radius 2 is 2.19 bits per heavy atom. The van der Waals surface area contributed by atoms with E-state index in [9.17, 15) is 8.42 Å². The smallest absolute Gasteiger partial charge is 0.149 e. The lowest BCUT2D eigenvalue weighted by Gasteiger charge is -2.07. The third-order valence-electron chi connectivity index (χ3n) is 1.89. The van der Waals surface area contributed by atoms with Gasteiger partial charge in [-0.1, -0.05) is 11.6 Å². The molecular weight excluding hydrogens is 248 g/mol. The number of hydrogen-bond acceptors (Lipinski definition) is 4. The molecule has 0 aliphatic carbocycles. The van der Waals surface area contributed by atoms with E-state index in [0.29, 0.717) is 16.3 Å². The van der Waals surface area contributed by atoms with Gasteiger partial charge in [0.15, 0.2) is 0 Å². The third kappa shape index (κ3) is 4.09. The summed E-state index contributed by atoms with van der Waals surface area (Å²) in [5.74, 6) is 0.0283. The quantitative estimate of drug-likeness (QED) is 0.892. The third-order valence-corrected chi connectivity index (χ3v) is 3.07. The van der Waals surface area contributed by atoms with Gasteiger partial charge in [0, 0.05) is 17.8 Å². The van der Waals surface area contributed by atoms with Crippen LogP contribution < -0.4 is 5.32 Å². The number of anilines is 1. The van der Waals surface area contributed by atoms with Crippen molar-refractivity contribution < 1.29 is 8.42 Å². The Hall–Kier alpha value is -1.25. The van der Waals surface area contributed by atoms with Gasteiger partial charge in [-0.05, 0) is 18.2 Å². The van der Waals surface area contributed by atoms with Crippen molar-refractivity contribution in [2.24, 2.45) is 0 Å². The zero-order valence-electron chi connectivity index (χ0n) is 8.70. The number of hydrogen-bond donors (Lipinski definition) is 1. The lowest BCUT2D eigenvalue weighted by molar-refractivity contribution is 0.602. The van der Waals surface area contributed by atoms with Gasteiger partial charge in [-0.2, -0.15) is 5.26 Å². The Morgan fingerprint density at radius 3 is 2.75 bits per heavy atom. The second-order valence-corrected chi connectivity index (χ2v) is 6.05. The number of halogens is 1. The minimum Gasteiger partial charge on any atom is -0.383 e. The van der Waals surface area contributed by atoms with Gasteiger partial charge in [-0.15, -0.1) is 0 Å². The van der Waals surface area contributed by atoms with Crippen molar-refractivity contribution in [3.05, 3.63) is 28.8 Å². The molecule has 0 aliphatic rings. The summed E-state index contributed by atoms with van der Waals surface area (Å²) in [5.41, 5.74) is 0.997. The van der Waals surface area contributed by atoms with Gasteiger partial charge in [0.1, 0.15) is 15.9 Å². The highest BCUT2D eigenvalue weighted by atomic mass is 35.5. The largest absolute Gasteiger partial charge is 0.383 e. The van der Waals surface area contributed by atoms with Crippen molar-refractivity contribution in [3.8, 4) is 6.07 Å². The molecule has 0 saturated carbocycles. The highest BCUT2D eigenvalue weighted by Gasteiger charge is 2.04. The fraction of sp³-hybridized carbons (Fsp3) is 0.300. The predicted octanol–water partition coefficient (Wildman–Crippen LogP) is 1.67. The van der Waals surface area contributed by atoms with Crippen LogP contribution in [0.25, 0.3) is 0 Å². The Morgan fingerprint density at radius 1 is 1.50 bits per heavy atom. The molecule has 0 saturated heterocycles. The maximum absolute atomic E-state index is 10.9. The first-order valence-electron chi connectivity index (χ1n) is 4.53. The summed E-state index contributed by atoms with van der Waals surface area (Å²) in [6, 6.07) is 6.82. The van der Waals surface area contributed by atoms with Crippen LogP contribution in [0.1, 0.15) is 5.56 Å².